The van der Waals surface area contributed by atoms with Gasteiger partial charge in [-0.15, -0.1) is 0 Å². The molecule has 15 heavy (non-hydrogen) atoms. The molecule has 0 aliphatic heterocycles. The van der Waals surface area contributed by atoms with E-state index in [-0.39, 0.29) is 16.8 Å². The molecule has 1 aromatic heterocycles. The molecule has 6 nitrogen and oxygen atoms in total. The molecular weight excluding hydrogens is 200 g/mol. The van der Waals surface area contributed by atoms with Crippen molar-refractivity contribution in [3.05, 3.63) is 44.7 Å². The van der Waals surface area contributed by atoms with Gasteiger partial charge in [0.2, 0.25) is 0 Å². The maximum Gasteiger partial charge on any atom is 0.270 e. The summed E-state index contributed by atoms with van der Waals surface area (Å²) < 4.78 is 0. The summed E-state index contributed by atoms with van der Waals surface area (Å²) in [5, 5.41) is 20.1. The van der Waals surface area contributed by atoms with Gasteiger partial charge >= 0.3 is 0 Å². The molecular formula is C9H6N2O4. The van der Waals surface area contributed by atoms with Crippen LogP contribution < -0.4 is 5.56 Å². The number of fused-ring (bicyclic) bond motifs is 1. The lowest BCUT2D eigenvalue weighted by atomic mass is 10.2. The van der Waals surface area contributed by atoms with Gasteiger partial charge in [-0.25, -0.2) is 0 Å². The van der Waals surface area contributed by atoms with Crippen molar-refractivity contribution < 1.29 is 10.0 Å². The Balaban J connectivity index is 2.82. The first-order valence-electron chi connectivity index (χ1n) is 4.08. The Bertz CT molecular complexity index is 603. The number of nitrogens with one attached hydrogen (secondary N) is 1. The number of hydrogen-bond donors (Lipinski definition) is 2. The minimum absolute atomic E-state index is 0.134. The van der Waals surface area contributed by atoms with Gasteiger partial charge in [0.25, 0.3) is 11.2 Å². The van der Waals surface area contributed by atoms with Crippen molar-refractivity contribution in [3.63, 3.8) is 0 Å². The second-order valence-electron chi connectivity index (χ2n) is 3.01. The quantitative estimate of drug-likeness (QED) is 0.540. The summed E-state index contributed by atoms with van der Waals surface area (Å²) in [4.78, 5) is 23.3. The standard InChI is InChI=1S/C9H6N2O4/c12-8-4-9(13)10-7-2-1-5(11(14)15)3-6(7)8/h1-4H,(H2,10,12,13). The van der Waals surface area contributed by atoms with E-state index in [1.165, 1.54) is 18.2 Å². The molecule has 6 heteroatoms. The van der Waals surface area contributed by atoms with E-state index in [0.717, 1.165) is 6.07 Å². The Kier molecular flexibility index (Phi) is 1.89. The molecule has 1 heterocycles. The predicted octanol–water partition coefficient (Wildman–Crippen LogP) is 1.14. The van der Waals surface area contributed by atoms with Crippen LogP contribution in [-0.4, -0.2) is 15.0 Å². The van der Waals surface area contributed by atoms with Crippen LogP contribution in [0.5, 0.6) is 5.75 Å². The van der Waals surface area contributed by atoms with Gasteiger partial charge in [0, 0.05) is 23.6 Å². The molecule has 2 rings (SSSR count). The highest BCUT2D eigenvalue weighted by Gasteiger charge is 2.09. The number of nitrogens with zero attached hydrogens (tertiary/aromatic N) is 1. The minimum atomic E-state index is -0.565. The first-order valence-corrected chi connectivity index (χ1v) is 4.08. The Labute approximate surface area is 82.9 Å². The second kappa shape index (κ2) is 3.09. The van der Waals surface area contributed by atoms with E-state index >= 15 is 0 Å². The van der Waals surface area contributed by atoms with Gasteiger partial charge in [0.05, 0.1) is 10.4 Å². The smallest absolute Gasteiger partial charge is 0.270 e. The molecule has 0 radical (unpaired) electrons. The number of nitro benzene ring substituents is 1. The van der Waals surface area contributed by atoms with Crippen LogP contribution >= 0.6 is 0 Å². The number of rotatable bonds is 1. The highest BCUT2D eigenvalue weighted by Crippen LogP contribution is 2.24. The third-order valence-corrected chi connectivity index (χ3v) is 2.02. The topological polar surface area (TPSA) is 96.2 Å². The van der Waals surface area contributed by atoms with Gasteiger partial charge in [0.15, 0.2) is 0 Å². The second-order valence-corrected chi connectivity index (χ2v) is 3.01. The third-order valence-electron chi connectivity index (χ3n) is 2.02. The fourth-order valence-electron chi connectivity index (χ4n) is 1.34. The van der Waals surface area contributed by atoms with Crippen LogP contribution in [0.3, 0.4) is 0 Å². The Hall–Kier alpha value is -2.37. The van der Waals surface area contributed by atoms with Gasteiger partial charge in [-0.1, -0.05) is 0 Å². The third kappa shape index (κ3) is 1.52. The molecule has 0 bridgehead atoms. The Morgan fingerprint density at radius 1 is 1.33 bits per heavy atom. The summed E-state index contributed by atoms with van der Waals surface area (Å²) in [7, 11) is 0. The van der Waals surface area contributed by atoms with Crippen LogP contribution in [0, 0.1) is 10.1 Å². The number of H-pyrrole nitrogens is 1. The molecule has 0 amide bonds. The van der Waals surface area contributed by atoms with E-state index in [4.69, 9.17) is 0 Å². The van der Waals surface area contributed by atoms with E-state index in [1.807, 2.05) is 0 Å². The summed E-state index contributed by atoms with van der Waals surface area (Å²) in [6.07, 6.45) is 0. The summed E-state index contributed by atoms with van der Waals surface area (Å²) in [5.74, 6) is -0.266. The van der Waals surface area contributed by atoms with E-state index in [2.05, 4.69) is 4.98 Å². The van der Waals surface area contributed by atoms with E-state index in [1.54, 1.807) is 0 Å². The van der Waals surface area contributed by atoms with E-state index < -0.39 is 10.5 Å². The molecule has 0 aliphatic carbocycles. The molecule has 0 fully saturated rings. The number of pyridine rings is 1. The van der Waals surface area contributed by atoms with Gasteiger partial charge in [-0.3, -0.25) is 14.9 Å². The largest absolute Gasteiger partial charge is 0.507 e. The Morgan fingerprint density at radius 3 is 2.73 bits per heavy atom. The number of non-ortho nitro benzene ring substituents is 1. The van der Waals surface area contributed by atoms with Gasteiger partial charge in [-0.05, 0) is 6.07 Å². The number of aromatic hydroxyl groups is 1. The van der Waals surface area contributed by atoms with Gasteiger partial charge in [-0.2, -0.15) is 0 Å². The average molecular weight is 206 g/mol. The highest BCUT2D eigenvalue weighted by molar-refractivity contribution is 5.86. The fraction of sp³-hybridized carbons (Fsp3) is 0. The molecule has 0 unspecified atom stereocenters. The average Bonchev–Trinajstić information content (AvgIpc) is 2.16. The van der Waals surface area contributed by atoms with Crippen LogP contribution in [0.4, 0.5) is 5.69 Å². The molecule has 0 spiro atoms. The van der Waals surface area contributed by atoms with Crippen LogP contribution in [0.25, 0.3) is 10.9 Å². The highest BCUT2D eigenvalue weighted by atomic mass is 16.6. The lowest BCUT2D eigenvalue weighted by Gasteiger charge is -1.99. The van der Waals surface area contributed by atoms with Crippen molar-refractivity contribution in [2.75, 3.05) is 0 Å². The molecule has 2 aromatic rings. The first-order chi connectivity index (χ1) is 7.08. The van der Waals surface area contributed by atoms with Crippen LogP contribution in [0.15, 0.2) is 29.1 Å². The summed E-state index contributed by atoms with van der Waals surface area (Å²) >= 11 is 0. The summed E-state index contributed by atoms with van der Waals surface area (Å²) in [5.41, 5.74) is -0.218. The first kappa shape index (κ1) is 9.20. The van der Waals surface area contributed by atoms with Crippen molar-refractivity contribution >= 4 is 16.6 Å². The minimum Gasteiger partial charge on any atom is -0.507 e. The molecule has 0 saturated heterocycles. The number of benzene rings is 1. The van der Waals surface area contributed by atoms with Crippen LogP contribution in [-0.2, 0) is 0 Å². The fourth-order valence-corrected chi connectivity index (χ4v) is 1.34. The monoisotopic (exact) mass is 206 g/mol. The van der Waals surface area contributed by atoms with E-state index in [9.17, 15) is 20.0 Å². The van der Waals surface area contributed by atoms with Crippen molar-refractivity contribution in [1.82, 2.24) is 4.98 Å². The van der Waals surface area contributed by atoms with Gasteiger partial charge in [0.1, 0.15) is 5.75 Å². The molecule has 1 aromatic carbocycles. The van der Waals surface area contributed by atoms with Crippen molar-refractivity contribution in [3.8, 4) is 5.75 Å². The molecule has 0 aliphatic rings. The zero-order chi connectivity index (χ0) is 11.0. The number of aromatic amines is 1. The summed E-state index contributed by atoms with van der Waals surface area (Å²) in [6.45, 7) is 0. The summed E-state index contributed by atoms with van der Waals surface area (Å²) in [6, 6.07) is 4.83. The van der Waals surface area contributed by atoms with E-state index in [0.29, 0.717) is 5.52 Å². The molecule has 0 atom stereocenters. The lowest BCUT2D eigenvalue weighted by Crippen LogP contribution is -2.03. The van der Waals surface area contributed by atoms with Crippen molar-refractivity contribution in [2.45, 2.75) is 0 Å². The van der Waals surface area contributed by atoms with Crippen LogP contribution in [0.1, 0.15) is 0 Å². The van der Waals surface area contributed by atoms with Crippen molar-refractivity contribution in [2.24, 2.45) is 0 Å². The zero-order valence-electron chi connectivity index (χ0n) is 7.43. The van der Waals surface area contributed by atoms with Crippen molar-refractivity contribution in [1.29, 1.82) is 0 Å². The maximum atomic E-state index is 11.0. The molecule has 2 N–H and O–H groups in total. The normalized spacial score (nSPS) is 10.4. The number of nitro groups is 1. The lowest BCUT2D eigenvalue weighted by molar-refractivity contribution is -0.384. The predicted molar refractivity (Wildman–Crippen MR) is 52.9 cm³/mol. The maximum absolute atomic E-state index is 11.0. The molecule has 76 valence electrons. The van der Waals surface area contributed by atoms with Crippen LogP contribution in [0.2, 0.25) is 0 Å². The zero-order valence-corrected chi connectivity index (χ0v) is 7.43. The van der Waals surface area contributed by atoms with Gasteiger partial charge < -0.3 is 10.1 Å². The SMILES string of the molecule is O=c1cc(O)c2cc([N+](=O)[O-])ccc2[nH]1. The number of hydrogen-bond acceptors (Lipinski definition) is 4. The number of aromatic nitrogens is 1. The Morgan fingerprint density at radius 2 is 2.07 bits per heavy atom. The molecule has 0 saturated carbocycles.